The number of unbranched alkanes of at least 4 members (excludes halogenated alkanes) is 1. The predicted octanol–water partition coefficient (Wildman–Crippen LogP) is 3.60. The summed E-state index contributed by atoms with van der Waals surface area (Å²) in [5.41, 5.74) is 1.67. The van der Waals surface area contributed by atoms with E-state index in [-0.39, 0.29) is 11.9 Å². The maximum Gasteiger partial charge on any atom is 0.126 e. The number of rotatable bonds is 8. The number of ether oxygens (including phenoxy) is 1. The summed E-state index contributed by atoms with van der Waals surface area (Å²) in [6, 6.07) is 5.54. The first kappa shape index (κ1) is 15.1. The minimum Gasteiger partial charge on any atom is -0.380 e. The highest BCUT2D eigenvalue weighted by atomic mass is 19.1. The number of hydrogen-bond donors (Lipinski definition) is 1. The molecule has 102 valence electrons. The van der Waals surface area contributed by atoms with Crippen LogP contribution in [-0.2, 0) is 4.74 Å². The molecule has 0 fully saturated rings. The Balaban J connectivity index is 2.27. The largest absolute Gasteiger partial charge is 0.380 e. The molecule has 0 saturated heterocycles. The monoisotopic (exact) mass is 253 g/mol. The van der Waals surface area contributed by atoms with Crippen molar-refractivity contribution in [1.82, 2.24) is 5.32 Å². The Hall–Kier alpha value is -0.930. The quantitative estimate of drug-likeness (QED) is 0.715. The fourth-order valence-electron chi connectivity index (χ4n) is 1.69. The van der Waals surface area contributed by atoms with E-state index < -0.39 is 0 Å². The van der Waals surface area contributed by atoms with E-state index in [0.717, 1.165) is 31.6 Å². The van der Waals surface area contributed by atoms with Crippen LogP contribution in [0.4, 0.5) is 4.39 Å². The average molecular weight is 253 g/mol. The molecule has 0 aliphatic heterocycles. The first-order valence-corrected chi connectivity index (χ1v) is 6.72. The Bertz CT molecular complexity index is 354. The minimum absolute atomic E-state index is 0.139. The second-order valence-corrected chi connectivity index (χ2v) is 4.65. The lowest BCUT2D eigenvalue weighted by Crippen LogP contribution is -2.23. The number of hydrogen-bond acceptors (Lipinski definition) is 2. The van der Waals surface area contributed by atoms with Crippen LogP contribution in [0, 0.1) is 12.7 Å². The Morgan fingerprint density at radius 2 is 2.11 bits per heavy atom. The van der Waals surface area contributed by atoms with Gasteiger partial charge in [0.2, 0.25) is 0 Å². The van der Waals surface area contributed by atoms with Gasteiger partial charge in [-0.25, -0.2) is 4.39 Å². The number of benzene rings is 1. The van der Waals surface area contributed by atoms with Crippen molar-refractivity contribution in [2.75, 3.05) is 19.8 Å². The summed E-state index contributed by atoms with van der Waals surface area (Å²) in [7, 11) is 0. The molecule has 1 aromatic carbocycles. The second kappa shape index (κ2) is 8.22. The molecule has 0 saturated carbocycles. The second-order valence-electron chi connectivity index (χ2n) is 4.65. The number of aryl methyl sites for hydroxylation is 1. The van der Waals surface area contributed by atoms with E-state index in [0.29, 0.717) is 12.2 Å². The van der Waals surface area contributed by atoms with Gasteiger partial charge in [0.05, 0.1) is 6.61 Å². The molecule has 0 spiro atoms. The summed E-state index contributed by atoms with van der Waals surface area (Å²) in [4.78, 5) is 0. The molecule has 0 amide bonds. The van der Waals surface area contributed by atoms with E-state index in [1.807, 2.05) is 19.1 Å². The molecule has 3 heteroatoms. The summed E-state index contributed by atoms with van der Waals surface area (Å²) >= 11 is 0. The SMILES string of the molecule is CCCCOCCNC(C)c1ccc(C)c(F)c1. The summed E-state index contributed by atoms with van der Waals surface area (Å²) in [5.74, 6) is -0.139. The van der Waals surface area contributed by atoms with Crippen LogP contribution in [0.15, 0.2) is 18.2 Å². The van der Waals surface area contributed by atoms with Crippen LogP contribution in [0.2, 0.25) is 0 Å². The first-order valence-electron chi connectivity index (χ1n) is 6.72. The normalized spacial score (nSPS) is 12.7. The molecule has 18 heavy (non-hydrogen) atoms. The fraction of sp³-hybridized carbons (Fsp3) is 0.600. The van der Waals surface area contributed by atoms with Crippen LogP contribution < -0.4 is 5.32 Å². The number of halogens is 1. The lowest BCUT2D eigenvalue weighted by atomic mass is 10.1. The molecule has 0 aromatic heterocycles. The Labute approximate surface area is 110 Å². The Morgan fingerprint density at radius 1 is 1.33 bits per heavy atom. The molecule has 1 unspecified atom stereocenters. The van der Waals surface area contributed by atoms with Gasteiger partial charge in [0.15, 0.2) is 0 Å². The fourth-order valence-corrected chi connectivity index (χ4v) is 1.69. The summed E-state index contributed by atoms with van der Waals surface area (Å²) in [5, 5.41) is 3.33. The number of nitrogens with one attached hydrogen (secondary N) is 1. The van der Waals surface area contributed by atoms with Crippen LogP contribution >= 0.6 is 0 Å². The summed E-state index contributed by atoms with van der Waals surface area (Å²) < 4.78 is 18.9. The van der Waals surface area contributed by atoms with Crippen LogP contribution in [0.25, 0.3) is 0 Å². The van der Waals surface area contributed by atoms with Gasteiger partial charge in [-0.1, -0.05) is 25.5 Å². The van der Waals surface area contributed by atoms with E-state index in [4.69, 9.17) is 4.74 Å². The lowest BCUT2D eigenvalue weighted by molar-refractivity contribution is 0.131. The molecule has 1 aromatic rings. The van der Waals surface area contributed by atoms with Gasteiger partial charge in [0, 0.05) is 19.2 Å². The van der Waals surface area contributed by atoms with Gasteiger partial charge in [-0.2, -0.15) is 0 Å². The van der Waals surface area contributed by atoms with Gasteiger partial charge in [0.1, 0.15) is 5.82 Å². The predicted molar refractivity (Wildman–Crippen MR) is 73.3 cm³/mol. The van der Waals surface area contributed by atoms with E-state index >= 15 is 0 Å². The van der Waals surface area contributed by atoms with Crippen molar-refractivity contribution >= 4 is 0 Å². The zero-order valence-electron chi connectivity index (χ0n) is 11.6. The summed E-state index contributed by atoms with van der Waals surface area (Å²) in [6.07, 6.45) is 2.27. The molecule has 0 heterocycles. The maximum atomic E-state index is 13.4. The highest BCUT2D eigenvalue weighted by Crippen LogP contribution is 2.15. The zero-order valence-corrected chi connectivity index (χ0v) is 11.6. The molecular formula is C15H24FNO. The van der Waals surface area contributed by atoms with Gasteiger partial charge >= 0.3 is 0 Å². The van der Waals surface area contributed by atoms with E-state index in [1.165, 1.54) is 0 Å². The van der Waals surface area contributed by atoms with Gasteiger partial charge in [-0.15, -0.1) is 0 Å². The molecule has 1 rings (SSSR count). The third kappa shape index (κ3) is 5.15. The molecular weight excluding hydrogens is 229 g/mol. The van der Waals surface area contributed by atoms with Crippen LogP contribution in [0.1, 0.15) is 43.9 Å². The van der Waals surface area contributed by atoms with Crippen LogP contribution in [0.5, 0.6) is 0 Å². The van der Waals surface area contributed by atoms with Crippen molar-refractivity contribution < 1.29 is 9.13 Å². The van der Waals surface area contributed by atoms with Crippen LogP contribution in [0.3, 0.4) is 0 Å². The van der Waals surface area contributed by atoms with Gasteiger partial charge in [0.25, 0.3) is 0 Å². The lowest BCUT2D eigenvalue weighted by Gasteiger charge is -2.15. The highest BCUT2D eigenvalue weighted by molar-refractivity contribution is 5.25. The van der Waals surface area contributed by atoms with Crippen LogP contribution in [-0.4, -0.2) is 19.8 Å². The van der Waals surface area contributed by atoms with Crippen molar-refractivity contribution in [1.29, 1.82) is 0 Å². The minimum atomic E-state index is -0.139. The van der Waals surface area contributed by atoms with Crippen molar-refractivity contribution in [3.63, 3.8) is 0 Å². The van der Waals surface area contributed by atoms with E-state index in [2.05, 4.69) is 12.2 Å². The van der Waals surface area contributed by atoms with Crippen molar-refractivity contribution in [2.45, 2.75) is 39.7 Å². The van der Waals surface area contributed by atoms with E-state index in [1.54, 1.807) is 13.0 Å². The Kier molecular flexibility index (Phi) is 6.91. The topological polar surface area (TPSA) is 21.3 Å². The zero-order chi connectivity index (χ0) is 13.4. The van der Waals surface area contributed by atoms with Crippen molar-refractivity contribution in [2.24, 2.45) is 0 Å². The van der Waals surface area contributed by atoms with Crippen molar-refractivity contribution in [3.05, 3.63) is 35.1 Å². The van der Waals surface area contributed by atoms with Gasteiger partial charge in [-0.3, -0.25) is 0 Å². The molecule has 0 bridgehead atoms. The standard InChI is InChI=1S/C15H24FNO/c1-4-5-9-18-10-8-17-13(3)14-7-6-12(2)15(16)11-14/h6-7,11,13,17H,4-5,8-10H2,1-3H3. The molecule has 2 nitrogen and oxygen atoms in total. The molecule has 0 aliphatic rings. The van der Waals surface area contributed by atoms with Gasteiger partial charge in [-0.05, 0) is 37.5 Å². The third-order valence-corrected chi connectivity index (χ3v) is 3.04. The molecule has 1 N–H and O–H groups in total. The first-order chi connectivity index (χ1) is 8.65. The third-order valence-electron chi connectivity index (χ3n) is 3.04. The average Bonchev–Trinajstić information content (AvgIpc) is 2.36. The smallest absolute Gasteiger partial charge is 0.126 e. The van der Waals surface area contributed by atoms with E-state index in [9.17, 15) is 4.39 Å². The molecule has 0 aliphatic carbocycles. The van der Waals surface area contributed by atoms with Gasteiger partial charge < -0.3 is 10.1 Å². The molecule has 0 radical (unpaired) electrons. The Morgan fingerprint density at radius 3 is 2.78 bits per heavy atom. The molecule has 1 atom stereocenters. The summed E-state index contributed by atoms with van der Waals surface area (Å²) in [6.45, 7) is 8.29. The maximum absolute atomic E-state index is 13.4. The highest BCUT2D eigenvalue weighted by Gasteiger charge is 2.06. The van der Waals surface area contributed by atoms with Crippen molar-refractivity contribution in [3.8, 4) is 0 Å².